The van der Waals surface area contributed by atoms with Gasteiger partial charge in [-0.3, -0.25) is 0 Å². The fourth-order valence-electron chi connectivity index (χ4n) is 2.54. The Morgan fingerprint density at radius 2 is 2.32 bits per heavy atom. The first kappa shape index (κ1) is 12.4. The lowest BCUT2D eigenvalue weighted by Gasteiger charge is -2.11. The summed E-state index contributed by atoms with van der Waals surface area (Å²) in [5.74, 6) is -0.189. The molecule has 1 aliphatic heterocycles. The number of carbonyl (C=O) groups is 1. The van der Waals surface area contributed by atoms with E-state index in [9.17, 15) is 4.79 Å². The largest absolute Gasteiger partial charge is 0.479 e. The molecule has 2 atom stereocenters. The highest BCUT2D eigenvalue weighted by molar-refractivity contribution is 6.35. The number of aromatic nitrogens is 2. The van der Waals surface area contributed by atoms with Crippen molar-refractivity contribution in [2.45, 2.75) is 25.0 Å². The van der Waals surface area contributed by atoms with Crippen LogP contribution in [0.2, 0.25) is 5.02 Å². The predicted octanol–water partition coefficient (Wildman–Crippen LogP) is 2.53. The number of para-hydroxylation sites is 1. The zero-order valence-corrected chi connectivity index (χ0v) is 11.1. The van der Waals surface area contributed by atoms with E-state index in [1.807, 2.05) is 29.8 Å². The van der Waals surface area contributed by atoms with Crippen molar-refractivity contribution in [3.8, 4) is 0 Å². The van der Waals surface area contributed by atoms with E-state index < -0.39 is 12.1 Å². The molecule has 1 aliphatic rings. The van der Waals surface area contributed by atoms with Gasteiger partial charge in [-0.1, -0.05) is 17.7 Å². The highest BCUT2D eigenvalue weighted by Crippen LogP contribution is 2.34. The zero-order chi connectivity index (χ0) is 13.6. The van der Waals surface area contributed by atoms with Crippen LogP contribution < -0.4 is 0 Å². The average Bonchev–Trinajstić information content (AvgIpc) is 2.95. The molecule has 3 rings (SSSR count). The Kier molecular flexibility index (Phi) is 2.95. The average molecular weight is 281 g/mol. The van der Waals surface area contributed by atoms with Gasteiger partial charge in [0.05, 0.1) is 16.1 Å². The molecule has 6 heteroatoms. The van der Waals surface area contributed by atoms with Crippen molar-refractivity contribution in [2.75, 3.05) is 0 Å². The molecule has 2 unspecified atom stereocenters. The van der Waals surface area contributed by atoms with Gasteiger partial charge in [0.2, 0.25) is 0 Å². The van der Waals surface area contributed by atoms with Crippen molar-refractivity contribution in [3.05, 3.63) is 29.0 Å². The van der Waals surface area contributed by atoms with Gasteiger partial charge in [-0.05, 0) is 25.0 Å². The van der Waals surface area contributed by atoms with Crippen LogP contribution in [0.4, 0.5) is 0 Å². The molecule has 0 bridgehead atoms. The van der Waals surface area contributed by atoms with Gasteiger partial charge in [0.15, 0.2) is 6.10 Å². The molecular formula is C13H13ClN2O3. The van der Waals surface area contributed by atoms with Crippen molar-refractivity contribution >= 4 is 28.6 Å². The maximum Gasteiger partial charge on any atom is 0.332 e. The predicted molar refractivity (Wildman–Crippen MR) is 70.2 cm³/mol. The fraction of sp³-hybridized carbons (Fsp3) is 0.385. The van der Waals surface area contributed by atoms with Gasteiger partial charge in [-0.2, -0.15) is 0 Å². The van der Waals surface area contributed by atoms with Crippen LogP contribution >= 0.6 is 11.6 Å². The second-order valence-corrected chi connectivity index (χ2v) is 5.07. The monoisotopic (exact) mass is 280 g/mol. The highest BCUT2D eigenvalue weighted by Gasteiger charge is 2.34. The summed E-state index contributed by atoms with van der Waals surface area (Å²) in [6.45, 7) is 0. The van der Waals surface area contributed by atoms with Gasteiger partial charge >= 0.3 is 5.97 Å². The van der Waals surface area contributed by atoms with Crippen LogP contribution in [-0.2, 0) is 16.6 Å². The molecule has 19 heavy (non-hydrogen) atoms. The number of ether oxygens (including phenoxy) is 1. The first-order chi connectivity index (χ1) is 9.08. The molecule has 1 N–H and O–H groups in total. The Morgan fingerprint density at radius 1 is 1.53 bits per heavy atom. The maximum atomic E-state index is 10.9. The summed E-state index contributed by atoms with van der Waals surface area (Å²) < 4.78 is 7.41. The number of rotatable bonds is 2. The number of aryl methyl sites for hydroxylation is 1. The molecule has 2 heterocycles. The minimum absolute atomic E-state index is 0.283. The van der Waals surface area contributed by atoms with Crippen LogP contribution in [0.3, 0.4) is 0 Å². The number of nitrogens with zero attached hydrogens (tertiary/aromatic N) is 2. The summed E-state index contributed by atoms with van der Waals surface area (Å²) in [7, 11) is 1.87. The molecule has 1 saturated heterocycles. The molecule has 0 amide bonds. The van der Waals surface area contributed by atoms with Crippen molar-refractivity contribution in [3.63, 3.8) is 0 Å². The van der Waals surface area contributed by atoms with Crippen molar-refractivity contribution in [2.24, 2.45) is 7.05 Å². The molecule has 0 radical (unpaired) electrons. The molecule has 1 aromatic heterocycles. The fourth-order valence-corrected chi connectivity index (χ4v) is 2.83. The summed E-state index contributed by atoms with van der Waals surface area (Å²) in [5, 5.41) is 9.59. The third-order valence-electron chi connectivity index (χ3n) is 3.46. The van der Waals surface area contributed by atoms with Gasteiger partial charge in [-0.25, -0.2) is 9.78 Å². The number of hydrogen-bond donors (Lipinski definition) is 1. The Hall–Kier alpha value is -1.59. The summed E-state index contributed by atoms with van der Waals surface area (Å²) in [4.78, 5) is 15.4. The lowest BCUT2D eigenvalue weighted by Crippen LogP contribution is -2.19. The van der Waals surface area contributed by atoms with Gasteiger partial charge in [0.25, 0.3) is 0 Å². The van der Waals surface area contributed by atoms with Crippen LogP contribution in [0.1, 0.15) is 24.8 Å². The zero-order valence-electron chi connectivity index (χ0n) is 10.3. The van der Waals surface area contributed by atoms with E-state index in [1.54, 1.807) is 0 Å². The molecular weight excluding hydrogens is 268 g/mol. The second kappa shape index (κ2) is 4.51. The normalized spacial score (nSPS) is 23.1. The quantitative estimate of drug-likeness (QED) is 0.918. The third kappa shape index (κ3) is 1.99. The first-order valence-electron chi connectivity index (χ1n) is 6.07. The molecule has 2 aromatic rings. The van der Waals surface area contributed by atoms with Crippen LogP contribution in [-0.4, -0.2) is 26.7 Å². The van der Waals surface area contributed by atoms with Crippen LogP contribution in [0.25, 0.3) is 11.0 Å². The Bertz CT molecular complexity index is 653. The van der Waals surface area contributed by atoms with Crippen LogP contribution in [0.5, 0.6) is 0 Å². The van der Waals surface area contributed by atoms with E-state index in [-0.39, 0.29) is 6.10 Å². The number of carboxylic acid groups (broad SMARTS) is 1. The molecule has 100 valence electrons. The standard InChI is InChI=1S/C13H13ClN2O3/c1-16-11-7(14)3-2-4-8(11)15-12(16)9-5-6-10(19-9)13(17)18/h2-4,9-10H,5-6H2,1H3,(H,17,18). The van der Waals surface area contributed by atoms with E-state index in [4.69, 9.17) is 21.4 Å². The summed E-state index contributed by atoms with van der Waals surface area (Å²) >= 11 is 6.17. The van der Waals surface area contributed by atoms with E-state index in [0.29, 0.717) is 17.9 Å². The van der Waals surface area contributed by atoms with Crippen LogP contribution in [0.15, 0.2) is 18.2 Å². The van der Waals surface area contributed by atoms with Crippen molar-refractivity contribution in [1.82, 2.24) is 9.55 Å². The molecule has 5 nitrogen and oxygen atoms in total. The summed E-state index contributed by atoms with van der Waals surface area (Å²) in [5.41, 5.74) is 1.65. The van der Waals surface area contributed by atoms with Crippen molar-refractivity contribution in [1.29, 1.82) is 0 Å². The minimum Gasteiger partial charge on any atom is -0.479 e. The number of halogens is 1. The molecule has 0 aliphatic carbocycles. The van der Waals surface area contributed by atoms with E-state index in [2.05, 4.69) is 4.98 Å². The molecule has 1 aromatic carbocycles. The van der Waals surface area contributed by atoms with Crippen molar-refractivity contribution < 1.29 is 14.6 Å². The third-order valence-corrected chi connectivity index (χ3v) is 3.77. The number of benzene rings is 1. The topological polar surface area (TPSA) is 64.4 Å². The lowest BCUT2D eigenvalue weighted by molar-refractivity contribution is -0.149. The SMILES string of the molecule is Cn1c(C2CCC(C(=O)O)O2)nc2cccc(Cl)c21. The van der Waals surface area contributed by atoms with E-state index in [0.717, 1.165) is 16.9 Å². The highest BCUT2D eigenvalue weighted by atomic mass is 35.5. The number of imidazole rings is 1. The van der Waals surface area contributed by atoms with E-state index in [1.165, 1.54) is 0 Å². The Labute approximate surface area is 114 Å². The molecule has 1 fully saturated rings. The minimum atomic E-state index is -0.917. The number of carboxylic acids is 1. The number of hydrogen-bond acceptors (Lipinski definition) is 3. The van der Waals surface area contributed by atoms with Crippen LogP contribution in [0, 0.1) is 0 Å². The molecule has 0 saturated carbocycles. The maximum absolute atomic E-state index is 10.9. The van der Waals surface area contributed by atoms with E-state index >= 15 is 0 Å². The first-order valence-corrected chi connectivity index (χ1v) is 6.45. The Balaban J connectivity index is 2.00. The number of aliphatic carboxylic acids is 1. The summed E-state index contributed by atoms with van der Waals surface area (Å²) in [6.07, 6.45) is 0.151. The van der Waals surface area contributed by atoms with Gasteiger partial charge < -0.3 is 14.4 Å². The van der Waals surface area contributed by atoms with Gasteiger partial charge in [0, 0.05) is 7.05 Å². The number of fused-ring (bicyclic) bond motifs is 1. The lowest BCUT2D eigenvalue weighted by atomic mass is 10.2. The molecule has 0 spiro atoms. The van der Waals surface area contributed by atoms with Gasteiger partial charge in [-0.15, -0.1) is 0 Å². The summed E-state index contributed by atoms with van der Waals surface area (Å²) in [6, 6.07) is 5.54. The Morgan fingerprint density at radius 3 is 2.95 bits per heavy atom. The smallest absolute Gasteiger partial charge is 0.332 e. The second-order valence-electron chi connectivity index (χ2n) is 4.67. The van der Waals surface area contributed by atoms with Gasteiger partial charge in [0.1, 0.15) is 11.9 Å².